The van der Waals surface area contributed by atoms with Crippen LogP contribution in [0.25, 0.3) is 0 Å². The van der Waals surface area contributed by atoms with E-state index < -0.39 is 0 Å². The van der Waals surface area contributed by atoms with Gasteiger partial charge in [-0.25, -0.2) is 0 Å². The zero-order chi connectivity index (χ0) is 14.3. The maximum Gasteiger partial charge on any atom is 0.0274 e. The number of hydrogen-bond donors (Lipinski definition) is 1. The van der Waals surface area contributed by atoms with Crippen LogP contribution < -0.4 is 5.32 Å². The van der Waals surface area contributed by atoms with E-state index in [0.717, 1.165) is 12.6 Å². The van der Waals surface area contributed by atoms with E-state index in [0.29, 0.717) is 11.5 Å². The Bertz CT molecular complexity index is 229. The van der Waals surface area contributed by atoms with E-state index >= 15 is 0 Å². The lowest BCUT2D eigenvalue weighted by Gasteiger charge is -2.38. The molecule has 0 radical (unpaired) electrons. The van der Waals surface area contributed by atoms with Gasteiger partial charge in [0.1, 0.15) is 0 Å². The third-order valence-corrected chi connectivity index (χ3v) is 4.80. The monoisotopic (exact) mass is 268 g/mol. The van der Waals surface area contributed by atoms with Gasteiger partial charge in [-0.2, -0.15) is 0 Å². The Morgan fingerprint density at radius 1 is 1.05 bits per heavy atom. The molecule has 0 aromatic rings. The second-order valence-corrected chi connectivity index (χ2v) is 6.87. The molecule has 0 heterocycles. The molecule has 2 atom stereocenters. The van der Waals surface area contributed by atoms with Gasteiger partial charge in [0.05, 0.1) is 0 Å². The quantitative estimate of drug-likeness (QED) is 0.678. The number of nitrogens with zero attached hydrogens (tertiary/aromatic N) is 1. The van der Waals surface area contributed by atoms with Crippen LogP contribution in [0.4, 0.5) is 0 Å². The van der Waals surface area contributed by atoms with Crippen molar-refractivity contribution in [3.05, 3.63) is 0 Å². The summed E-state index contributed by atoms with van der Waals surface area (Å²) in [5, 5.41) is 3.78. The molecule has 0 aromatic heterocycles. The van der Waals surface area contributed by atoms with Crippen LogP contribution in [0.1, 0.15) is 73.1 Å². The van der Waals surface area contributed by atoms with E-state index in [-0.39, 0.29) is 0 Å². The second-order valence-electron chi connectivity index (χ2n) is 6.87. The first-order valence-electron chi connectivity index (χ1n) is 8.54. The van der Waals surface area contributed by atoms with Gasteiger partial charge >= 0.3 is 0 Å². The summed E-state index contributed by atoms with van der Waals surface area (Å²) in [5.74, 6) is 0. The lowest BCUT2D eigenvalue weighted by molar-refractivity contribution is 0.141. The van der Waals surface area contributed by atoms with E-state index in [2.05, 4.69) is 44.8 Å². The van der Waals surface area contributed by atoms with Gasteiger partial charge in [0, 0.05) is 12.1 Å². The van der Waals surface area contributed by atoms with Crippen molar-refractivity contribution in [1.29, 1.82) is 0 Å². The van der Waals surface area contributed by atoms with E-state index in [9.17, 15) is 0 Å². The Hall–Kier alpha value is -0.0800. The molecule has 0 aliphatic heterocycles. The molecule has 1 rings (SSSR count). The molecule has 1 fully saturated rings. The largest absolute Gasteiger partial charge is 0.312 e. The van der Waals surface area contributed by atoms with Gasteiger partial charge in [0.15, 0.2) is 0 Å². The van der Waals surface area contributed by atoms with E-state index in [1.165, 1.54) is 51.6 Å². The highest BCUT2D eigenvalue weighted by atomic mass is 15.2. The minimum atomic E-state index is 0.456. The molecule has 0 spiro atoms. The zero-order valence-corrected chi connectivity index (χ0v) is 14.0. The fourth-order valence-electron chi connectivity index (χ4n) is 3.55. The van der Waals surface area contributed by atoms with E-state index in [1.807, 2.05) is 0 Å². The molecule has 1 saturated carbocycles. The Balaban J connectivity index is 2.69. The highest BCUT2D eigenvalue weighted by Gasteiger charge is 2.43. The summed E-state index contributed by atoms with van der Waals surface area (Å²) < 4.78 is 0. The van der Waals surface area contributed by atoms with E-state index in [1.54, 1.807) is 0 Å². The van der Waals surface area contributed by atoms with Crippen LogP contribution >= 0.6 is 0 Å². The van der Waals surface area contributed by atoms with Gasteiger partial charge in [0.25, 0.3) is 0 Å². The third kappa shape index (κ3) is 4.75. The fourth-order valence-corrected chi connectivity index (χ4v) is 3.55. The summed E-state index contributed by atoms with van der Waals surface area (Å²) in [5.41, 5.74) is 0.456. The molecule has 0 aromatic carbocycles. The molecule has 1 aliphatic carbocycles. The van der Waals surface area contributed by atoms with Crippen molar-refractivity contribution in [1.82, 2.24) is 10.2 Å². The summed E-state index contributed by atoms with van der Waals surface area (Å²) in [6.07, 6.45) is 8.05. The van der Waals surface area contributed by atoms with Crippen LogP contribution in [-0.2, 0) is 0 Å². The standard InChI is InChI=1S/C17H36N2/c1-6-9-13-19(14-10-7-2)15-11-12-17(4,5)16(15)18-8-3/h15-16,18H,6-14H2,1-5H3. The molecule has 0 amide bonds. The predicted molar refractivity (Wildman–Crippen MR) is 85.7 cm³/mol. The first-order valence-corrected chi connectivity index (χ1v) is 8.54. The van der Waals surface area contributed by atoms with Crippen LogP contribution in [0.15, 0.2) is 0 Å². The SMILES string of the molecule is CCCCN(CCCC)C1CCC(C)(C)C1NCC. The Morgan fingerprint density at radius 3 is 2.11 bits per heavy atom. The van der Waals surface area contributed by atoms with Crippen LogP contribution in [0.5, 0.6) is 0 Å². The minimum absolute atomic E-state index is 0.456. The predicted octanol–water partition coefficient (Wildman–Crippen LogP) is 4.06. The van der Waals surface area contributed by atoms with Crippen molar-refractivity contribution in [2.75, 3.05) is 19.6 Å². The summed E-state index contributed by atoms with van der Waals surface area (Å²) in [7, 11) is 0. The van der Waals surface area contributed by atoms with Gasteiger partial charge < -0.3 is 5.32 Å². The molecule has 0 bridgehead atoms. The van der Waals surface area contributed by atoms with E-state index in [4.69, 9.17) is 0 Å². The van der Waals surface area contributed by atoms with Gasteiger partial charge in [0.2, 0.25) is 0 Å². The van der Waals surface area contributed by atoms with Gasteiger partial charge in [-0.05, 0) is 50.7 Å². The number of nitrogens with one attached hydrogen (secondary N) is 1. The molecule has 1 aliphatic rings. The van der Waals surface area contributed by atoms with Gasteiger partial charge in [-0.3, -0.25) is 4.90 Å². The molecule has 2 nitrogen and oxygen atoms in total. The van der Waals surface area contributed by atoms with Gasteiger partial charge in [-0.1, -0.05) is 47.5 Å². The Morgan fingerprint density at radius 2 is 1.63 bits per heavy atom. The lowest BCUT2D eigenvalue weighted by Crippen LogP contribution is -2.52. The van der Waals surface area contributed by atoms with Crippen LogP contribution in [0.2, 0.25) is 0 Å². The number of rotatable bonds is 9. The maximum absolute atomic E-state index is 3.78. The highest BCUT2D eigenvalue weighted by molar-refractivity contribution is 5.00. The first-order chi connectivity index (χ1) is 9.06. The smallest absolute Gasteiger partial charge is 0.0274 e. The lowest BCUT2D eigenvalue weighted by atomic mass is 9.86. The maximum atomic E-state index is 3.78. The molecule has 2 unspecified atom stereocenters. The first kappa shape index (κ1) is 17.0. The number of likely N-dealkylation sites (N-methyl/N-ethyl adjacent to an activating group) is 1. The molecule has 1 N–H and O–H groups in total. The zero-order valence-electron chi connectivity index (χ0n) is 14.0. The van der Waals surface area contributed by atoms with Crippen molar-refractivity contribution >= 4 is 0 Å². The minimum Gasteiger partial charge on any atom is -0.312 e. The van der Waals surface area contributed by atoms with Crippen molar-refractivity contribution in [2.24, 2.45) is 5.41 Å². The van der Waals surface area contributed by atoms with Crippen LogP contribution in [-0.4, -0.2) is 36.6 Å². The number of unbranched alkanes of at least 4 members (excludes halogenated alkanes) is 2. The molecular formula is C17H36N2. The van der Waals surface area contributed by atoms with Crippen molar-refractivity contribution in [3.63, 3.8) is 0 Å². The summed E-state index contributed by atoms with van der Waals surface area (Å²) >= 11 is 0. The van der Waals surface area contributed by atoms with Gasteiger partial charge in [-0.15, -0.1) is 0 Å². The molecule has 19 heavy (non-hydrogen) atoms. The summed E-state index contributed by atoms with van der Waals surface area (Å²) in [6.45, 7) is 15.4. The Kier molecular flexibility index (Phi) is 7.38. The van der Waals surface area contributed by atoms with Crippen molar-refractivity contribution < 1.29 is 0 Å². The average Bonchev–Trinajstić information content (AvgIpc) is 2.67. The van der Waals surface area contributed by atoms with Crippen LogP contribution in [0.3, 0.4) is 0 Å². The molecule has 0 saturated heterocycles. The number of hydrogen-bond acceptors (Lipinski definition) is 2. The molecule has 2 heteroatoms. The normalized spacial score (nSPS) is 26.2. The topological polar surface area (TPSA) is 15.3 Å². The van der Waals surface area contributed by atoms with Crippen molar-refractivity contribution in [2.45, 2.75) is 85.2 Å². The molecular weight excluding hydrogens is 232 g/mol. The highest BCUT2D eigenvalue weighted by Crippen LogP contribution is 2.40. The van der Waals surface area contributed by atoms with Crippen LogP contribution in [0, 0.1) is 5.41 Å². The summed E-state index contributed by atoms with van der Waals surface area (Å²) in [4.78, 5) is 2.79. The third-order valence-electron chi connectivity index (χ3n) is 4.80. The summed E-state index contributed by atoms with van der Waals surface area (Å²) in [6, 6.07) is 1.43. The Labute approximate surface area is 121 Å². The fraction of sp³-hybridized carbons (Fsp3) is 1.00. The molecule has 114 valence electrons. The van der Waals surface area contributed by atoms with Crippen molar-refractivity contribution in [3.8, 4) is 0 Å². The average molecular weight is 268 g/mol. The second kappa shape index (κ2) is 8.26.